The molecule has 12 heteroatoms. The number of aromatic carboxylic acids is 1. The fourth-order valence-electron chi connectivity index (χ4n) is 5.92. The maximum absolute atomic E-state index is 15.7. The minimum atomic E-state index is -1.13. The maximum atomic E-state index is 15.7. The summed E-state index contributed by atoms with van der Waals surface area (Å²) in [4.78, 5) is 34.6. The van der Waals surface area contributed by atoms with Gasteiger partial charge in [-0.15, -0.1) is 0 Å². The van der Waals surface area contributed by atoms with Crippen molar-refractivity contribution >= 4 is 22.9 Å². The highest BCUT2D eigenvalue weighted by atomic mass is 19.1. The zero-order valence-corrected chi connectivity index (χ0v) is 25.8. The lowest BCUT2D eigenvalue weighted by Gasteiger charge is -2.22. The summed E-state index contributed by atoms with van der Waals surface area (Å²) in [5, 5.41) is 9.64. The van der Waals surface area contributed by atoms with Gasteiger partial charge in [-0.05, 0) is 60.5 Å². The molecule has 1 amide bonds. The monoisotopic (exact) mass is 644 g/mol. The van der Waals surface area contributed by atoms with Gasteiger partial charge in [-0.25, -0.2) is 27.9 Å². The van der Waals surface area contributed by atoms with E-state index in [0.717, 1.165) is 17.7 Å². The quantitative estimate of drug-likeness (QED) is 0.206. The second-order valence-electron chi connectivity index (χ2n) is 11.5. The van der Waals surface area contributed by atoms with Crippen molar-refractivity contribution in [3.05, 3.63) is 112 Å². The Labute approximate surface area is 268 Å². The number of aryl methyl sites for hydroxylation is 1. The number of halogens is 3. The molecular formula is C35H31F3N4O5. The average molecular weight is 645 g/mol. The minimum absolute atomic E-state index is 0.0129. The normalized spacial score (nSPS) is 16.2. The van der Waals surface area contributed by atoms with Gasteiger partial charge in [0.15, 0.2) is 0 Å². The smallest absolute Gasteiger partial charge is 0.335 e. The summed E-state index contributed by atoms with van der Waals surface area (Å²) in [7, 11) is 1.52. The number of methoxy groups -OCH3 is 1. The van der Waals surface area contributed by atoms with Crippen molar-refractivity contribution in [1.29, 1.82) is 0 Å². The number of nitrogens with zero attached hydrogens (tertiary/aromatic N) is 4. The van der Waals surface area contributed by atoms with Crippen LogP contribution >= 0.6 is 0 Å². The minimum Gasteiger partial charge on any atom is -0.478 e. The number of fused-ring (bicyclic) bond motifs is 1. The van der Waals surface area contributed by atoms with E-state index in [-0.39, 0.29) is 53.7 Å². The first-order chi connectivity index (χ1) is 22.5. The number of aromatic nitrogens is 3. The lowest BCUT2D eigenvalue weighted by Crippen LogP contribution is -2.27. The maximum Gasteiger partial charge on any atom is 0.335 e. The van der Waals surface area contributed by atoms with Crippen molar-refractivity contribution in [3.63, 3.8) is 0 Å². The molecule has 2 atom stereocenters. The lowest BCUT2D eigenvalue weighted by molar-refractivity contribution is -0.128. The molecule has 3 aromatic carbocycles. The number of ether oxygens (including phenoxy) is 2. The van der Waals surface area contributed by atoms with Crippen LogP contribution in [0.5, 0.6) is 5.88 Å². The van der Waals surface area contributed by atoms with E-state index in [1.165, 1.54) is 38.3 Å². The molecular weight excluding hydrogens is 613 g/mol. The van der Waals surface area contributed by atoms with Gasteiger partial charge in [0.05, 0.1) is 34.4 Å². The largest absolute Gasteiger partial charge is 0.478 e. The summed E-state index contributed by atoms with van der Waals surface area (Å²) < 4.78 is 58.8. The third-order valence-electron chi connectivity index (χ3n) is 8.39. The number of imidazole rings is 1. The molecule has 9 nitrogen and oxygen atoms in total. The Balaban J connectivity index is 1.32. The molecule has 5 aromatic rings. The topological polar surface area (TPSA) is 107 Å². The number of carboxylic acid groups (broad SMARTS) is 1. The number of amides is 1. The van der Waals surface area contributed by atoms with Gasteiger partial charge in [0, 0.05) is 50.7 Å². The van der Waals surface area contributed by atoms with Gasteiger partial charge in [-0.1, -0.05) is 18.2 Å². The lowest BCUT2D eigenvalue weighted by atomic mass is 10.0. The van der Waals surface area contributed by atoms with Gasteiger partial charge in [0.2, 0.25) is 11.8 Å². The molecule has 1 aliphatic heterocycles. The molecule has 1 aliphatic rings. The van der Waals surface area contributed by atoms with E-state index in [0.29, 0.717) is 29.0 Å². The SMILES string of the molecule is CO[C@@H]1CN(C(C)=O)C[C@H]1n1c(Cc2cc(F)c(-c3cccc(OCc4ccc(C)cc4F)n3)cc2F)nc2ccc(C(=O)O)cc21. The Morgan fingerprint density at radius 1 is 0.936 bits per heavy atom. The highest BCUT2D eigenvalue weighted by Crippen LogP contribution is 2.33. The van der Waals surface area contributed by atoms with Crippen molar-refractivity contribution in [1.82, 2.24) is 19.4 Å². The second-order valence-corrected chi connectivity index (χ2v) is 11.5. The third kappa shape index (κ3) is 6.41. The molecule has 0 spiro atoms. The number of carbonyl (C=O) groups is 2. The summed E-state index contributed by atoms with van der Waals surface area (Å²) in [5.74, 6) is -2.67. The molecule has 47 heavy (non-hydrogen) atoms. The van der Waals surface area contributed by atoms with Crippen LogP contribution in [0.2, 0.25) is 0 Å². The fourth-order valence-corrected chi connectivity index (χ4v) is 5.92. The van der Waals surface area contributed by atoms with Crippen molar-refractivity contribution < 1.29 is 37.3 Å². The zero-order valence-electron chi connectivity index (χ0n) is 25.8. The number of likely N-dealkylation sites (tertiary alicyclic amines) is 1. The van der Waals surface area contributed by atoms with Crippen molar-refractivity contribution in [2.75, 3.05) is 20.2 Å². The van der Waals surface area contributed by atoms with E-state index in [1.54, 1.807) is 46.7 Å². The predicted molar refractivity (Wildman–Crippen MR) is 167 cm³/mol. The molecule has 0 aliphatic carbocycles. The van der Waals surface area contributed by atoms with Crippen LogP contribution in [0.1, 0.15) is 45.8 Å². The van der Waals surface area contributed by atoms with Gasteiger partial charge in [-0.3, -0.25) is 4.79 Å². The number of benzene rings is 3. The first-order valence-corrected chi connectivity index (χ1v) is 14.9. The van der Waals surface area contributed by atoms with Crippen molar-refractivity contribution in [3.8, 4) is 17.1 Å². The van der Waals surface area contributed by atoms with E-state index in [1.807, 2.05) is 0 Å². The van der Waals surface area contributed by atoms with E-state index < -0.39 is 35.6 Å². The molecule has 0 bridgehead atoms. The van der Waals surface area contributed by atoms with Crippen LogP contribution in [0, 0.1) is 24.4 Å². The van der Waals surface area contributed by atoms with E-state index >= 15 is 8.78 Å². The molecule has 2 aromatic heterocycles. The number of carboxylic acids is 1. The summed E-state index contributed by atoms with van der Waals surface area (Å²) >= 11 is 0. The molecule has 1 N–H and O–H groups in total. The second kappa shape index (κ2) is 12.9. The van der Waals surface area contributed by atoms with Gasteiger partial charge < -0.3 is 24.0 Å². The van der Waals surface area contributed by atoms with Crippen LogP contribution < -0.4 is 4.74 Å². The summed E-state index contributed by atoms with van der Waals surface area (Å²) in [6.45, 7) is 3.70. The summed E-state index contributed by atoms with van der Waals surface area (Å²) in [6, 6.07) is 15.6. The summed E-state index contributed by atoms with van der Waals surface area (Å²) in [6.07, 6.45) is -0.582. The van der Waals surface area contributed by atoms with Crippen molar-refractivity contribution in [2.45, 2.75) is 39.0 Å². The van der Waals surface area contributed by atoms with E-state index in [2.05, 4.69) is 9.97 Å². The molecule has 0 radical (unpaired) electrons. The Hall–Kier alpha value is -5.23. The van der Waals surface area contributed by atoms with Gasteiger partial charge in [0.1, 0.15) is 29.9 Å². The first kappa shape index (κ1) is 31.7. The Morgan fingerprint density at radius 3 is 2.45 bits per heavy atom. The number of carbonyl (C=O) groups excluding carboxylic acids is 1. The van der Waals surface area contributed by atoms with Gasteiger partial charge in [0.25, 0.3) is 0 Å². The fraction of sp³-hybridized carbons (Fsp3) is 0.257. The average Bonchev–Trinajstić information content (AvgIpc) is 3.63. The molecule has 3 heterocycles. The number of pyridine rings is 1. The van der Waals surface area contributed by atoms with Crippen LogP contribution in [0.15, 0.2) is 66.7 Å². The van der Waals surface area contributed by atoms with Crippen LogP contribution in [-0.4, -0.2) is 62.7 Å². The highest BCUT2D eigenvalue weighted by molar-refractivity contribution is 5.92. The Bertz CT molecular complexity index is 2010. The van der Waals surface area contributed by atoms with Gasteiger partial charge in [-0.2, -0.15) is 0 Å². The molecule has 0 saturated carbocycles. The van der Waals surface area contributed by atoms with Crippen molar-refractivity contribution in [2.24, 2.45) is 0 Å². The Morgan fingerprint density at radius 2 is 1.72 bits per heavy atom. The van der Waals surface area contributed by atoms with Crippen LogP contribution in [0.25, 0.3) is 22.3 Å². The molecule has 1 fully saturated rings. The zero-order chi connectivity index (χ0) is 33.4. The highest BCUT2D eigenvalue weighted by Gasteiger charge is 2.37. The third-order valence-corrected chi connectivity index (χ3v) is 8.39. The first-order valence-electron chi connectivity index (χ1n) is 14.9. The number of hydrogen-bond acceptors (Lipinski definition) is 6. The molecule has 1 saturated heterocycles. The van der Waals surface area contributed by atoms with Crippen LogP contribution in [0.4, 0.5) is 13.2 Å². The molecule has 6 rings (SSSR count). The molecule has 0 unspecified atom stereocenters. The van der Waals surface area contributed by atoms with Crippen LogP contribution in [0.3, 0.4) is 0 Å². The number of hydrogen-bond donors (Lipinski definition) is 1. The van der Waals surface area contributed by atoms with Crippen LogP contribution in [-0.2, 0) is 22.6 Å². The van der Waals surface area contributed by atoms with E-state index in [4.69, 9.17) is 9.47 Å². The standard InChI is InChI=1S/C35H31F3N4O5/c1-19-7-8-22(25(36)11-19)18-47-34-6-4-5-28(40-34)24-15-26(37)23(12-27(24)38)14-33-39-29-10-9-21(35(44)45)13-30(29)42(33)31-16-41(20(2)43)17-32(31)46-3/h4-13,15,31-32H,14,16-18H2,1-3H3,(H,44,45)/t31-,32-/m1/s1. The summed E-state index contributed by atoms with van der Waals surface area (Å²) in [5.41, 5.74) is 2.12. The van der Waals surface area contributed by atoms with Gasteiger partial charge >= 0.3 is 5.97 Å². The molecule has 242 valence electrons. The van der Waals surface area contributed by atoms with E-state index in [9.17, 15) is 19.1 Å². The predicted octanol–water partition coefficient (Wildman–Crippen LogP) is 6.11. The number of rotatable bonds is 9. The Kier molecular flexibility index (Phi) is 8.69.